The zero-order chi connectivity index (χ0) is 18.8. The Morgan fingerprint density at radius 2 is 1.93 bits per heavy atom. The van der Waals surface area contributed by atoms with E-state index in [1.165, 1.54) is 11.8 Å². The molecule has 2 heterocycles. The maximum Gasteiger partial charge on any atom is 0.293 e. The number of nitrogens with one attached hydrogen (secondary N) is 1. The first-order chi connectivity index (χ1) is 13.2. The van der Waals surface area contributed by atoms with E-state index in [4.69, 9.17) is 4.42 Å². The molecule has 0 unspecified atom stereocenters. The quantitative estimate of drug-likeness (QED) is 0.755. The minimum atomic E-state index is -0.147. The van der Waals surface area contributed by atoms with Crippen LogP contribution in [-0.4, -0.2) is 18.4 Å². The van der Waals surface area contributed by atoms with Crippen molar-refractivity contribution in [2.75, 3.05) is 16.8 Å². The number of hydrogen-bond acceptors (Lipinski definition) is 3. The van der Waals surface area contributed by atoms with Gasteiger partial charge in [0.25, 0.3) is 11.8 Å². The van der Waals surface area contributed by atoms with Gasteiger partial charge in [0, 0.05) is 23.5 Å². The second-order valence-corrected chi connectivity index (χ2v) is 6.53. The first kappa shape index (κ1) is 17.1. The topological polar surface area (TPSA) is 62.6 Å². The van der Waals surface area contributed by atoms with E-state index in [2.05, 4.69) is 12.2 Å². The molecular weight excluding hydrogens is 340 g/mol. The van der Waals surface area contributed by atoms with Gasteiger partial charge in [-0.25, -0.2) is 0 Å². The molecule has 1 N–H and O–H groups in total. The molecule has 1 aliphatic heterocycles. The van der Waals surface area contributed by atoms with Crippen LogP contribution in [0.4, 0.5) is 11.4 Å². The molecule has 0 saturated heterocycles. The largest absolute Gasteiger partial charge is 0.459 e. The Labute approximate surface area is 157 Å². The first-order valence-electron chi connectivity index (χ1n) is 9.04. The molecule has 0 bridgehead atoms. The Hall–Kier alpha value is -3.34. The fourth-order valence-electron chi connectivity index (χ4n) is 3.32. The van der Waals surface area contributed by atoms with E-state index in [0.29, 0.717) is 17.9 Å². The number of nitrogens with zero attached hydrogens (tertiary/aromatic N) is 1. The number of benzene rings is 2. The fourth-order valence-corrected chi connectivity index (χ4v) is 3.32. The zero-order valence-corrected chi connectivity index (χ0v) is 15.1. The maximum absolute atomic E-state index is 12.5. The first-order valence-corrected chi connectivity index (χ1v) is 9.04. The Balaban J connectivity index is 1.50. The van der Waals surface area contributed by atoms with Gasteiger partial charge in [0.05, 0.1) is 6.26 Å². The second-order valence-electron chi connectivity index (χ2n) is 6.53. The molecule has 0 spiro atoms. The van der Waals surface area contributed by atoms with Gasteiger partial charge in [-0.2, -0.15) is 0 Å². The highest BCUT2D eigenvalue weighted by Crippen LogP contribution is 2.31. The summed E-state index contributed by atoms with van der Waals surface area (Å²) in [7, 11) is 0. The standard InChI is InChI=1S/C22H20N2O3/c1-2-15-5-7-16(8-6-15)21(25)23-18-9-10-19-17(14-18)11-12-24(19)22(26)20-4-3-13-27-20/h3-10,13-14H,2,11-12H2,1H3,(H,23,25). The van der Waals surface area contributed by atoms with Gasteiger partial charge in [-0.3, -0.25) is 9.59 Å². The van der Waals surface area contributed by atoms with Crippen LogP contribution in [0.15, 0.2) is 65.3 Å². The fraction of sp³-hybridized carbons (Fsp3) is 0.182. The Morgan fingerprint density at radius 1 is 1.11 bits per heavy atom. The van der Waals surface area contributed by atoms with Crippen molar-refractivity contribution >= 4 is 23.2 Å². The SMILES string of the molecule is CCc1ccc(C(=O)Nc2ccc3c(c2)CCN3C(=O)c2ccco2)cc1. The lowest BCUT2D eigenvalue weighted by atomic mass is 10.1. The summed E-state index contributed by atoms with van der Waals surface area (Å²) in [5, 5.41) is 2.94. The Kier molecular flexibility index (Phi) is 4.50. The molecule has 0 aliphatic carbocycles. The van der Waals surface area contributed by atoms with Crippen LogP contribution in [0.25, 0.3) is 0 Å². The van der Waals surface area contributed by atoms with Gasteiger partial charge < -0.3 is 14.6 Å². The van der Waals surface area contributed by atoms with Crippen LogP contribution in [0.2, 0.25) is 0 Å². The number of hydrogen-bond donors (Lipinski definition) is 1. The molecule has 0 radical (unpaired) electrons. The molecule has 0 saturated carbocycles. The van der Waals surface area contributed by atoms with E-state index < -0.39 is 0 Å². The highest BCUT2D eigenvalue weighted by molar-refractivity contribution is 6.07. The monoisotopic (exact) mass is 360 g/mol. The lowest BCUT2D eigenvalue weighted by Gasteiger charge is -2.16. The summed E-state index contributed by atoms with van der Waals surface area (Å²) in [6.45, 7) is 2.68. The summed E-state index contributed by atoms with van der Waals surface area (Å²) in [6, 6.07) is 16.6. The number of furan rings is 1. The summed E-state index contributed by atoms with van der Waals surface area (Å²) in [4.78, 5) is 26.7. The summed E-state index contributed by atoms with van der Waals surface area (Å²) < 4.78 is 5.22. The van der Waals surface area contributed by atoms with E-state index in [-0.39, 0.29) is 11.8 Å². The molecule has 0 fully saturated rings. The minimum Gasteiger partial charge on any atom is -0.459 e. The molecule has 2 aromatic carbocycles. The predicted molar refractivity (Wildman–Crippen MR) is 104 cm³/mol. The molecule has 27 heavy (non-hydrogen) atoms. The van der Waals surface area contributed by atoms with Crippen molar-refractivity contribution in [2.24, 2.45) is 0 Å². The summed E-state index contributed by atoms with van der Waals surface area (Å²) in [6.07, 6.45) is 3.19. The van der Waals surface area contributed by atoms with E-state index >= 15 is 0 Å². The number of amides is 2. The van der Waals surface area contributed by atoms with E-state index in [0.717, 1.165) is 29.8 Å². The average Bonchev–Trinajstić information content (AvgIpc) is 3.37. The van der Waals surface area contributed by atoms with E-state index in [9.17, 15) is 9.59 Å². The molecule has 0 atom stereocenters. The van der Waals surface area contributed by atoms with Crippen molar-refractivity contribution in [3.05, 3.63) is 83.3 Å². The molecule has 136 valence electrons. The van der Waals surface area contributed by atoms with Gasteiger partial charge in [0.15, 0.2) is 5.76 Å². The lowest BCUT2D eigenvalue weighted by Crippen LogP contribution is -2.28. The number of fused-ring (bicyclic) bond motifs is 1. The van der Waals surface area contributed by atoms with E-state index in [1.54, 1.807) is 17.0 Å². The molecule has 3 aromatic rings. The third-order valence-electron chi connectivity index (χ3n) is 4.83. The zero-order valence-electron chi connectivity index (χ0n) is 15.1. The molecule has 1 aliphatic rings. The second kappa shape index (κ2) is 7.11. The van der Waals surface area contributed by atoms with Crippen molar-refractivity contribution in [2.45, 2.75) is 19.8 Å². The van der Waals surface area contributed by atoms with Gasteiger partial charge in [0.2, 0.25) is 0 Å². The van der Waals surface area contributed by atoms with Crippen molar-refractivity contribution < 1.29 is 14.0 Å². The summed E-state index contributed by atoms with van der Waals surface area (Å²) >= 11 is 0. The van der Waals surface area contributed by atoms with Gasteiger partial charge in [0.1, 0.15) is 0 Å². The highest BCUT2D eigenvalue weighted by atomic mass is 16.3. The highest BCUT2D eigenvalue weighted by Gasteiger charge is 2.27. The number of rotatable bonds is 4. The molecule has 4 rings (SSSR count). The van der Waals surface area contributed by atoms with Crippen molar-refractivity contribution in [3.63, 3.8) is 0 Å². The smallest absolute Gasteiger partial charge is 0.293 e. The third kappa shape index (κ3) is 3.36. The summed E-state index contributed by atoms with van der Waals surface area (Å²) in [5.41, 5.74) is 4.45. The van der Waals surface area contributed by atoms with Crippen molar-refractivity contribution in [1.29, 1.82) is 0 Å². The maximum atomic E-state index is 12.5. The van der Waals surface area contributed by atoms with Crippen LogP contribution in [-0.2, 0) is 12.8 Å². The van der Waals surface area contributed by atoms with Crippen molar-refractivity contribution in [3.8, 4) is 0 Å². The Bertz CT molecular complexity index is 975. The minimum absolute atomic E-state index is 0.140. The molecule has 5 heteroatoms. The molecular formula is C22H20N2O3. The van der Waals surface area contributed by atoms with Gasteiger partial charge in [-0.1, -0.05) is 19.1 Å². The van der Waals surface area contributed by atoms with Gasteiger partial charge in [-0.05, 0) is 66.4 Å². The average molecular weight is 360 g/mol. The number of carbonyl (C=O) groups excluding carboxylic acids is 2. The molecule has 2 amide bonds. The van der Waals surface area contributed by atoms with E-state index in [1.807, 2.05) is 42.5 Å². The predicted octanol–water partition coefficient (Wildman–Crippen LogP) is 4.30. The van der Waals surface area contributed by atoms with Crippen LogP contribution < -0.4 is 10.2 Å². The van der Waals surface area contributed by atoms with Crippen LogP contribution in [0.1, 0.15) is 39.0 Å². The number of anilines is 2. The lowest BCUT2D eigenvalue weighted by molar-refractivity contribution is 0.0962. The van der Waals surface area contributed by atoms with Crippen LogP contribution in [0.5, 0.6) is 0 Å². The third-order valence-corrected chi connectivity index (χ3v) is 4.83. The van der Waals surface area contributed by atoms with Crippen LogP contribution in [0, 0.1) is 0 Å². The van der Waals surface area contributed by atoms with Gasteiger partial charge >= 0.3 is 0 Å². The molecule has 1 aromatic heterocycles. The van der Waals surface area contributed by atoms with Crippen LogP contribution >= 0.6 is 0 Å². The summed E-state index contributed by atoms with van der Waals surface area (Å²) in [5.74, 6) is 0.0430. The molecule has 5 nitrogen and oxygen atoms in total. The number of aryl methyl sites for hydroxylation is 1. The normalized spacial score (nSPS) is 12.7. The van der Waals surface area contributed by atoms with Crippen molar-refractivity contribution in [1.82, 2.24) is 0 Å². The van der Waals surface area contributed by atoms with Crippen LogP contribution in [0.3, 0.4) is 0 Å². The van der Waals surface area contributed by atoms with Gasteiger partial charge in [-0.15, -0.1) is 0 Å². The number of carbonyl (C=O) groups is 2. The Morgan fingerprint density at radius 3 is 2.63 bits per heavy atom.